The van der Waals surface area contributed by atoms with Crippen LogP contribution in [0.4, 0.5) is 0 Å². The highest BCUT2D eigenvalue weighted by Crippen LogP contribution is 2.42. The minimum absolute atomic E-state index is 0.0227. The van der Waals surface area contributed by atoms with Crippen molar-refractivity contribution in [3.8, 4) is 11.3 Å². The van der Waals surface area contributed by atoms with E-state index in [0.717, 1.165) is 30.6 Å². The van der Waals surface area contributed by atoms with Gasteiger partial charge in [-0.25, -0.2) is 0 Å². The Hall–Kier alpha value is -2.21. The van der Waals surface area contributed by atoms with Crippen LogP contribution in [0, 0.1) is 5.92 Å². The summed E-state index contributed by atoms with van der Waals surface area (Å²) < 4.78 is 1.65. The molecule has 2 aliphatic rings. The van der Waals surface area contributed by atoms with Crippen molar-refractivity contribution in [3.05, 3.63) is 36.3 Å². The molecule has 0 spiro atoms. The van der Waals surface area contributed by atoms with Gasteiger partial charge in [-0.1, -0.05) is 0 Å². The second-order valence-electron chi connectivity index (χ2n) is 6.43. The first-order chi connectivity index (χ1) is 10.6. The topological polar surface area (TPSA) is 77.0 Å². The molecule has 6 nitrogen and oxygen atoms in total. The molecule has 1 aliphatic carbocycles. The van der Waals surface area contributed by atoms with E-state index in [0.29, 0.717) is 18.2 Å². The quantitative estimate of drug-likeness (QED) is 0.898. The molecule has 6 heteroatoms. The average molecular weight is 297 g/mol. The van der Waals surface area contributed by atoms with Crippen molar-refractivity contribution in [2.45, 2.75) is 18.4 Å². The molecular weight excluding hydrogens is 278 g/mol. The molecule has 0 aromatic carbocycles. The summed E-state index contributed by atoms with van der Waals surface area (Å²) in [6.07, 6.45) is 5.60. The number of amides is 1. The normalized spacial score (nSPS) is 26.6. The summed E-state index contributed by atoms with van der Waals surface area (Å²) in [6, 6.07) is 5.63. The lowest BCUT2D eigenvalue weighted by atomic mass is 9.70. The van der Waals surface area contributed by atoms with Gasteiger partial charge in [0.05, 0.1) is 5.69 Å². The maximum Gasteiger partial charge on any atom is 0.272 e. The lowest BCUT2D eigenvalue weighted by molar-refractivity contribution is 0.0774. The Balaban J connectivity index is 1.61. The molecule has 1 saturated heterocycles. The van der Waals surface area contributed by atoms with Crippen molar-refractivity contribution >= 4 is 5.91 Å². The first kappa shape index (κ1) is 13.5. The number of aryl methyl sites for hydroxylation is 1. The van der Waals surface area contributed by atoms with E-state index in [1.54, 1.807) is 24.1 Å². The van der Waals surface area contributed by atoms with Gasteiger partial charge >= 0.3 is 0 Å². The third-order valence-electron chi connectivity index (χ3n) is 5.06. The maximum absolute atomic E-state index is 12.8. The molecule has 2 aromatic rings. The van der Waals surface area contributed by atoms with Gasteiger partial charge in [-0.2, -0.15) is 5.10 Å². The number of fused-ring (bicyclic) bond motifs is 1. The Morgan fingerprint density at radius 2 is 2.18 bits per heavy atom. The minimum Gasteiger partial charge on any atom is -0.335 e. The van der Waals surface area contributed by atoms with E-state index >= 15 is 0 Å². The maximum atomic E-state index is 12.8. The molecule has 2 fully saturated rings. The van der Waals surface area contributed by atoms with E-state index in [1.807, 2.05) is 23.1 Å². The standard InChI is InChI=1S/C16H19N5O/c1-20-14(8-13(19-20)11-3-6-18-7-4-11)15(22)21-9-12-2-5-16(12,17)10-21/h3-4,6-8,12H,2,5,9-10,17H2,1H3/t12-,16-/m0/s1. The fourth-order valence-electron chi connectivity index (χ4n) is 3.53. The van der Waals surface area contributed by atoms with Crippen molar-refractivity contribution < 1.29 is 4.79 Å². The second-order valence-corrected chi connectivity index (χ2v) is 6.43. The summed E-state index contributed by atoms with van der Waals surface area (Å²) >= 11 is 0. The third-order valence-corrected chi connectivity index (χ3v) is 5.06. The zero-order valence-corrected chi connectivity index (χ0v) is 12.6. The van der Waals surface area contributed by atoms with Crippen LogP contribution in [-0.2, 0) is 7.05 Å². The van der Waals surface area contributed by atoms with Crippen LogP contribution in [0.2, 0.25) is 0 Å². The molecule has 0 bridgehead atoms. The van der Waals surface area contributed by atoms with Crippen molar-refractivity contribution in [1.29, 1.82) is 0 Å². The predicted molar refractivity (Wildman–Crippen MR) is 82.0 cm³/mol. The van der Waals surface area contributed by atoms with Crippen LogP contribution >= 0.6 is 0 Å². The highest BCUT2D eigenvalue weighted by atomic mass is 16.2. The Kier molecular flexibility index (Phi) is 2.84. The number of hydrogen-bond acceptors (Lipinski definition) is 4. The van der Waals surface area contributed by atoms with Crippen LogP contribution in [0.3, 0.4) is 0 Å². The fraction of sp³-hybridized carbons (Fsp3) is 0.438. The minimum atomic E-state index is -0.151. The summed E-state index contributed by atoms with van der Waals surface area (Å²) in [7, 11) is 1.81. The van der Waals surface area contributed by atoms with Gasteiger partial charge in [0.25, 0.3) is 5.91 Å². The van der Waals surface area contributed by atoms with Crippen molar-refractivity contribution in [1.82, 2.24) is 19.7 Å². The number of aromatic nitrogens is 3. The summed E-state index contributed by atoms with van der Waals surface area (Å²) in [5, 5.41) is 4.45. The number of rotatable bonds is 2. The molecule has 3 heterocycles. The van der Waals surface area contributed by atoms with Gasteiger partial charge in [0, 0.05) is 43.6 Å². The highest BCUT2D eigenvalue weighted by Gasteiger charge is 2.51. The summed E-state index contributed by atoms with van der Waals surface area (Å²) in [5.74, 6) is 0.485. The highest BCUT2D eigenvalue weighted by molar-refractivity contribution is 5.94. The first-order valence-electron chi connectivity index (χ1n) is 7.59. The summed E-state index contributed by atoms with van der Waals surface area (Å²) in [6.45, 7) is 1.43. The number of carbonyl (C=O) groups is 1. The fourth-order valence-corrected chi connectivity index (χ4v) is 3.53. The van der Waals surface area contributed by atoms with Gasteiger partial charge in [0.15, 0.2) is 0 Å². The predicted octanol–water partition coefficient (Wildman–Crippen LogP) is 1.05. The molecule has 114 valence electrons. The SMILES string of the molecule is Cn1nc(-c2ccncc2)cc1C(=O)N1C[C@@H]2CC[C@]2(N)C1. The third kappa shape index (κ3) is 1.94. The van der Waals surface area contributed by atoms with Gasteiger partial charge in [0.2, 0.25) is 0 Å². The summed E-state index contributed by atoms with van der Waals surface area (Å²) in [5.41, 5.74) is 8.53. The number of pyridine rings is 1. The Morgan fingerprint density at radius 3 is 2.77 bits per heavy atom. The molecule has 0 radical (unpaired) electrons. The Labute approximate surface area is 128 Å². The number of carbonyl (C=O) groups excluding carboxylic acids is 1. The Morgan fingerprint density at radius 1 is 1.41 bits per heavy atom. The number of hydrogen-bond donors (Lipinski definition) is 1. The molecule has 1 amide bonds. The number of likely N-dealkylation sites (tertiary alicyclic amines) is 1. The van der Waals surface area contributed by atoms with Crippen molar-refractivity contribution in [2.24, 2.45) is 18.7 Å². The van der Waals surface area contributed by atoms with E-state index in [-0.39, 0.29) is 11.4 Å². The lowest BCUT2D eigenvalue weighted by Crippen LogP contribution is -2.54. The Bertz CT molecular complexity index is 725. The van der Waals surface area contributed by atoms with E-state index in [4.69, 9.17) is 5.73 Å². The zero-order chi connectivity index (χ0) is 15.3. The van der Waals surface area contributed by atoms with Crippen LogP contribution in [0.5, 0.6) is 0 Å². The molecule has 4 rings (SSSR count). The van der Waals surface area contributed by atoms with Crippen LogP contribution in [0.15, 0.2) is 30.6 Å². The molecule has 2 N–H and O–H groups in total. The molecule has 1 aliphatic heterocycles. The second kappa shape index (κ2) is 4.64. The van der Waals surface area contributed by atoms with Crippen molar-refractivity contribution in [2.75, 3.05) is 13.1 Å². The van der Waals surface area contributed by atoms with Gasteiger partial charge < -0.3 is 10.6 Å². The zero-order valence-electron chi connectivity index (χ0n) is 12.6. The first-order valence-corrected chi connectivity index (χ1v) is 7.59. The van der Waals surface area contributed by atoms with E-state index in [1.165, 1.54) is 0 Å². The van der Waals surface area contributed by atoms with Gasteiger partial charge in [0.1, 0.15) is 5.69 Å². The van der Waals surface area contributed by atoms with Gasteiger partial charge in [-0.3, -0.25) is 14.5 Å². The monoisotopic (exact) mass is 297 g/mol. The molecule has 22 heavy (non-hydrogen) atoms. The van der Waals surface area contributed by atoms with Gasteiger partial charge in [-0.05, 0) is 37.0 Å². The molecule has 1 saturated carbocycles. The average Bonchev–Trinajstić information content (AvgIpc) is 3.01. The van der Waals surface area contributed by atoms with Crippen molar-refractivity contribution in [3.63, 3.8) is 0 Å². The molecular formula is C16H19N5O. The molecule has 0 unspecified atom stereocenters. The smallest absolute Gasteiger partial charge is 0.272 e. The number of nitrogens with zero attached hydrogens (tertiary/aromatic N) is 4. The van der Waals surface area contributed by atoms with Crippen LogP contribution in [-0.4, -0.2) is 44.2 Å². The van der Waals surface area contributed by atoms with Crippen LogP contribution < -0.4 is 5.73 Å². The van der Waals surface area contributed by atoms with Crippen LogP contribution in [0.25, 0.3) is 11.3 Å². The molecule has 2 aromatic heterocycles. The van der Waals surface area contributed by atoms with Crippen LogP contribution in [0.1, 0.15) is 23.3 Å². The lowest BCUT2D eigenvalue weighted by Gasteiger charge is -2.39. The van der Waals surface area contributed by atoms with E-state index < -0.39 is 0 Å². The summed E-state index contributed by atoms with van der Waals surface area (Å²) in [4.78, 5) is 18.7. The van der Waals surface area contributed by atoms with E-state index in [9.17, 15) is 4.79 Å². The van der Waals surface area contributed by atoms with Gasteiger partial charge in [-0.15, -0.1) is 0 Å². The molecule has 2 atom stereocenters. The largest absolute Gasteiger partial charge is 0.335 e. The number of nitrogens with two attached hydrogens (primary N) is 1. The van der Waals surface area contributed by atoms with E-state index in [2.05, 4.69) is 10.1 Å².